The Labute approximate surface area is 163 Å². The van der Waals surface area contributed by atoms with Gasteiger partial charge in [0, 0.05) is 13.7 Å². The fourth-order valence-electron chi connectivity index (χ4n) is 3.65. The monoisotopic (exact) mass is 385 g/mol. The van der Waals surface area contributed by atoms with E-state index in [1.807, 2.05) is 37.3 Å². The molecule has 1 heterocycles. The number of hydroxylamine groups is 2. The van der Waals surface area contributed by atoms with Crippen molar-refractivity contribution in [2.45, 2.75) is 25.2 Å². The molecule has 2 aromatic carbocycles. The van der Waals surface area contributed by atoms with Crippen LogP contribution in [0, 0.1) is 12.7 Å². The lowest BCUT2D eigenvalue weighted by atomic mass is 9.73. The molecular weight excluding hydrogens is 361 g/mol. The molecule has 0 bridgehead atoms. The normalized spacial score (nSPS) is 18.9. The first kappa shape index (κ1) is 20.0. The average Bonchev–Trinajstić information content (AvgIpc) is 3.08. The summed E-state index contributed by atoms with van der Waals surface area (Å²) in [6.07, 6.45) is 0.857. The molecule has 3 rings (SSSR count). The molecule has 0 spiro atoms. The third-order valence-electron chi connectivity index (χ3n) is 5.06. The van der Waals surface area contributed by atoms with Crippen LogP contribution in [0.4, 0.5) is 10.1 Å². The molecule has 0 saturated heterocycles. The van der Waals surface area contributed by atoms with Crippen LogP contribution in [-0.2, 0) is 10.2 Å². The van der Waals surface area contributed by atoms with Crippen LogP contribution in [0.1, 0.15) is 24.0 Å². The molecule has 7 heteroatoms. The summed E-state index contributed by atoms with van der Waals surface area (Å²) in [6.45, 7) is 2.03. The van der Waals surface area contributed by atoms with Gasteiger partial charge >= 0.3 is 0 Å². The number of hydrogen-bond donors (Lipinski definition) is 2. The summed E-state index contributed by atoms with van der Waals surface area (Å²) < 4.78 is 14.5. The first-order valence-corrected chi connectivity index (χ1v) is 9.15. The van der Waals surface area contributed by atoms with Crippen LogP contribution in [0.25, 0.3) is 0 Å². The SMILES string of the molecule is Cc1ccc(F)c(N2CC(CCCO)(c3ccccc3)C(C(=O)N(C)O)=N2)c1. The number of hydrazone groups is 1. The Hall–Kier alpha value is -2.77. The minimum atomic E-state index is -0.881. The van der Waals surface area contributed by atoms with Crippen molar-refractivity contribution in [3.8, 4) is 0 Å². The van der Waals surface area contributed by atoms with Crippen LogP contribution in [0.3, 0.4) is 0 Å². The van der Waals surface area contributed by atoms with Crippen molar-refractivity contribution in [3.63, 3.8) is 0 Å². The summed E-state index contributed by atoms with van der Waals surface area (Å²) in [5.41, 5.74) is 1.21. The third-order valence-corrected chi connectivity index (χ3v) is 5.06. The maximum atomic E-state index is 14.5. The third kappa shape index (κ3) is 3.63. The van der Waals surface area contributed by atoms with E-state index in [1.54, 1.807) is 12.1 Å². The summed E-state index contributed by atoms with van der Waals surface area (Å²) >= 11 is 0. The van der Waals surface area contributed by atoms with Gasteiger partial charge in [-0.3, -0.25) is 15.0 Å². The van der Waals surface area contributed by atoms with E-state index in [4.69, 9.17) is 0 Å². The van der Waals surface area contributed by atoms with E-state index < -0.39 is 17.1 Å². The first-order chi connectivity index (χ1) is 13.4. The van der Waals surface area contributed by atoms with E-state index in [1.165, 1.54) is 18.1 Å². The maximum Gasteiger partial charge on any atom is 0.294 e. The van der Waals surface area contributed by atoms with Crippen molar-refractivity contribution in [1.82, 2.24) is 5.06 Å². The van der Waals surface area contributed by atoms with E-state index in [0.29, 0.717) is 17.9 Å². The Morgan fingerprint density at radius 1 is 1.29 bits per heavy atom. The van der Waals surface area contributed by atoms with Gasteiger partial charge in [-0.2, -0.15) is 5.10 Å². The smallest absolute Gasteiger partial charge is 0.294 e. The van der Waals surface area contributed by atoms with Crippen LogP contribution < -0.4 is 5.01 Å². The molecule has 0 aromatic heterocycles. The van der Waals surface area contributed by atoms with Crippen molar-refractivity contribution in [2.75, 3.05) is 25.2 Å². The lowest BCUT2D eigenvalue weighted by Crippen LogP contribution is -2.46. The number of aliphatic hydroxyl groups is 1. The van der Waals surface area contributed by atoms with Crippen LogP contribution in [-0.4, -0.2) is 47.2 Å². The van der Waals surface area contributed by atoms with Gasteiger partial charge < -0.3 is 5.11 Å². The van der Waals surface area contributed by atoms with Gasteiger partial charge in [0.1, 0.15) is 11.5 Å². The minimum Gasteiger partial charge on any atom is -0.396 e. The summed E-state index contributed by atoms with van der Waals surface area (Å²) in [5.74, 6) is -1.10. The zero-order valence-corrected chi connectivity index (χ0v) is 16.0. The van der Waals surface area contributed by atoms with Crippen molar-refractivity contribution >= 4 is 17.3 Å². The molecule has 1 atom stereocenters. The Kier molecular flexibility index (Phi) is 5.76. The van der Waals surface area contributed by atoms with Gasteiger partial charge in [0.2, 0.25) is 0 Å². The summed E-state index contributed by atoms with van der Waals surface area (Å²) in [7, 11) is 1.24. The van der Waals surface area contributed by atoms with Gasteiger partial charge in [-0.1, -0.05) is 36.4 Å². The number of aliphatic hydroxyl groups excluding tert-OH is 1. The van der Waals surface area contributed by atoms with Gasteiger partial charge in [0.25, 0.3) is 5.91 Å². The minimum absolute atomic E-state index is 0.0518. The fourth-order valence-corrected chi connectivity index (χ4v) is 3.65. The number of amides is 1. The average molecular weight is 385 g/mol. The largest absolute Gasteiger partial charge is 0.396 e. The number of aryl methyl sites for hydroxylation is 1. The van der Waals surface area contributed by atoms with Crippen LogP contribution >= 0.6 is 0 Å². The highest BCUT2D eigenvalue weighted by atomic mass is 19.1. The fraction of sp³-hybridized carbons (Fsp3) is 0.333. The Bertz CT molecular complexity index is 886. The summed E-state index contributed by atoms with van der Waals surface area (Å²) in [5, 5.41) is 25.6. The molecule has 0 aliphatic carbocycles. The van der Waals surface area contributed by atoms with E-state index in [2.05, 4.69) is 5.10 Å². The summed E-state index contributed by atoms with van der Waals surface area (Å²) in [4.78, 5) is 12.8. The molecule has 0 radical (unpaired) electrons. The van der Waals surface area contributed by atoms with Crippen molar-refractivity contribution in [2.24, 2.45) is 5.10 Å². The van der Waals surface area contributed by atoms with Crippen molar-refractivity contribution in [1.29, 1.82) is 0 Å². The van der Waals surface area contributed by atoms with E-state index in [9.17, 15) is 19.5 Å². The molecule has 1 unspecified atom stereocenters. The van der Waals surface area contributed by atoms with Crippen LogP contribution in [0.15, 0.2) is 53.6 Å². The molecule has 0 fully saturated rings. The van der Waals surface area contributed by atoms with E-state index in [-0.39, 0.29) is 24.6 Å². The topological polar surface area (TPSA) is 76.4 Å². The van der Waals surface area contributed by atoms with E-state index >= 15 is 0 Å². The highest BCUT2D eigenvalue weighted by Crippen LogP contribution is 2.40. The van der Waals surface area contributed by atoms with Gasteiger partial charge in [-0.25, -0.2) is 9.45 Å². The number of rotatable bonds is 6. The number of nitrogens with zero attached hydrogens (tertiary/aromatic N) is 3. The highest BCUT2D eigenvalue weighted by Gasteiger charge is 2.48. The quantitative estimate of drug-likeness (QED) is 0.592. The Morgan fingerprint density at radius 3 is 2.64 bits per heavy atom. The molecule has 2 N–H and O–H groups in total. The second kappa shape index (κ2) is 8.08. The van der Waals surface area contributed by atoms with Crippen LogP contribution in [0.5, 0.6) is 0 Å². The van der Waals surface area contributed by atoms with Gasteiger partial charge in [0.15, 0.2) is 0 Å². The van der Waals surface area contributed by atoms with Gasteiger partial charge in [0.05, 0.1) is 17.6 Å². The zero-order chi connectivity index (χ0) is 20.3. The molecule has 1 aliphatic heterocycles. The molecule has 1 aliphatic rings. The highest BCUT2D eigenvalue weighted by molar-refractivity contribution is 6.42. The van der Waals surface area contributed by atoms with Gasteiger partial charge in [-0.05, 0) is 43.0 Å². The van der Waals surface area contributed by atoms with Crippen LogP contribution in [0.2, 0.25) is 0 Å². The lowest BCUT2D eigenvalue weighted by Gasteiger charge is -2.31. The predicted molar refractivity (Wildman–Crippen MR) is 105 cm³/mol. The Morgan fingerprint density at radius 2 is 2.00 bits per heavy atom. The standard InChI is InChI=1S/C21H24FN3O3/c1-15-9-10-17(22)18(13-15)25-14-21(11-6-12-26,16-7-4-3-5-8-16)19(23-25)20(27)24(2)28/h3-5,7-10,13,26,28H,6,11-12,14H2,1-2H3. The number of carbonyl (C=O) groups is 1. The van der Waals surface area contributed by atoms with Gasteiger partial charge in [-0.15, -0.1) is 0 Å². The van der Waals surface area contributed by atoms with E-state index in [0.717, 1.165) is 11.1 Å². The number of carbonyl (C=O) groups excluding carboxylic acids is 1. The molecule has 1 amide bonds. The number of halogens is 1. The summed E-state index contributed by atoms with van der Waals surface area (Å²) in [6, 6.07) is 14.1. The zero-order valence-electron chi connectivity index (χ0n) is 16.0. The van der Waals surface area contributed by atoms with Crippen molar-refractivity contribution < 1.29 is 19.5 Å². The molecule has 6 nitrogen and oxygen atoms in total. The maximum absolute atomic E-state index is 14.5. The first-order valence-electron chi connectivity index (χ1n) is 9.15. The second-order valence-corrected chi connectivity index (χ2v) is 7.07. The Balaban J connectivity index is 2.16. The molecule has 2 aromatic rings. The predicted octanol–water partition coefficient (Wildman–Crippen LogP) is 2.87. The van der Waals surface area contributed by atoms with Crippen molar-refractivity contribution in [3.05, 3.63) is 65.5 Å². The molecule has 148 valence electrons. The number of benzene rings is 2. The molecule has 28 heavy (non-hydrogen) atoms. The molecular formula is C21H24FN3O3. The number of anilines is 1. The lowest BCUT2D eigenvalue weighted by molar-refractivity contribution is -0.151. The second-order valence-electron chi connectivity index (χ2n) is 7.07. The number of hydrogen-bond acceptors (Lipinski definition) is 5. The molecule has 0 saturated carbocycles.